The second-order valence-electron chi connectivity index (χ2n) is 9.99. The molecule has 1 aromatic carbocycles. The lowest BCUT2D eigenvalue weighted by Crippen LogP contribution is -2.43. The predicted molar refractivity (Wildman–Crippen MR) is 171 cm³/mol. The second-order valence-corrected chi connectivity index (χ2v) is 9.99. The highest BCUT2D eigenvalue weighted by atomic mass is 16.6. The maximum Gasteiger partial charge on any atom is 0.410 e. The van der Waals surface area contributed by atoms with E-state index in [0.29, 0.717) is 19.8 Å². The largest absolute Gasteiger partial charge is 0.481 e. The van der Waals surface area contributed by atoms with Gasteiger partial charge in [-0.25, -0.2) is 4.79 Å². The first-order valence-electron chi connectivity index (χ1n) is 16.1. The fraction of sp³-hybridized carbons (Fsp3) is 0.656. The van der Waals surface area contributed by atoms with Gasteiger partial charge in [0.15, 0.2) is 0 Å². The van der Waals surface area contributed by atoms with Gasteiger partial charge in [0.25, 0.3) is 0 Å². The van der Waals surface area contributed by atoms with E-state index in [0.717, 1.165) is 5.56 Å². The molecule has 0 aliphatic carbocycles. The molecule has 0 unspecified atom stereocenters. The zero-order valence-corrected chi connectivity index (χ0v) is 27.8. The van der Waals surface area contributed by atoms with Gasteiger partial charge >= 0.3 is 18.0 Å². The van der Waals surface area contributed by atoms with Crippen molar-refractivity contribution in [2.75, 3.05) is 98.9 Å². The van der Waals surface area contributed by atoms with Crippen LogP contribution < -0.4 is 10.6 Å². The average Bonchev–Trinajstić information content (AvgIpc) is 3.07. The van der Waals surface area contributed by atoms with Crippen LogP contribution in [0.5, 0.6) is 0 Å². The van der Waals surface area contributed by atoms with Crippen LogP contribution in [0, 0.1) is 0 Å². The third-order valence-corrected chi connectivity index (χ3v) is 6.15. The minimum Gasteiger partial charge on any atom is -0.481 e. The molecule has 3 N–H and O–H groups in total. The maximum absolute atomic E-state index is 12.8. The fourth-order valence-corrected chi connectivity index (χ4v) is 3.68. The molecule has 0 bridgehead atoms. The lowest BCUT2D eigenvalue weighted by Gasteiger charge is -2.22. The van der Waals surface area contributed by atoms with Crippen molar-refractivity contribution >= 4 is 29.8 Å². The summed E-state index contributed by atoms with van der Waals surface area (Å²) in [7, 11) is 0. The van der Waals surface area contributed by atoms with Gasteiger partial charge in [-0.2, -0.15) is 0 Å². The molecule has 48 heavy (non-hydrogen) atoms. The summed E-state index contributed by atoms with van der Waals surface area (Å²) in [6.07, 6.45) is -0.227. The first-order chi connectivity index (χ1) is 23.3. The lowest BCUT2D eigenvalue weighted by molar-refractivity contribution is -0.144. The molecule has 0 radical (unpaired) electrons. The maximum atomic E-state index is 12.8. The fourth-order valence-electron chi connectivity index (χ4n) is 3.68. The van der Waals surface area contributed by atoms with Gasteiger partial charge < -0.3 is 53.8 Å². The van der Waals surface area contributed by atoms with Crippen molar-refractivity contribution in [1.82, 2.24) is 15.5 Å². The summed E-state index contributed by atoms with van der Waals surface area (Å²) in [6.45, 7) is 5.31. The first-order valence-corrected chi connectivity index (χ1v) is 16.1. The predicted octanol–water partition coefficient (Wildman–Crippen LogP) is 1.15. The van der Waals surface area contributed by atoms with Gasteiger partial charge in [0.2, 0.25) is 11.8 Å². The molecule has 0 aliphatic heterocycles. The minimum atomic E-state index is -0.919. The topological polar surface area (TPSA) is 197 Å². The van der Waals surface area contributed by atoms with Gasteiger partial charge in [0.1, 0.15) is 6.61 Å². The quantitative estimate of drug-likeness (QED) is 0.0771. The smallest absolute Gasteiger partial charge is 0.410 e. The van der Waals surface area contributed by atoms with Gasteiger partial charge in [0.05, 0.1) is 85.5 Å². The van der Waals surface area contributed by atoms with Crippen LogP contribution in [-0.2, 0) is 58.9 Å². The molecule has 1 aromatic rings. The van der Waals surface area contributed by atoms with Crippen molar-refractivity contribution < 1.29 is 62.2 Å². The molecule has 3 amide bonds. The van der Waals surface area contributed by atoms with Gasteiger partial charge in [0, 0.05) is 39.0 Å². The van der Waals surface area contributed by atoms with Gasteiger partial charge in [-0.1, -0.05) is 30.3 Å². The third kappa shape index (κ3) is 25.3. The summed E-state index contributed by atoms with van der Waals surface area (Å²) in [6, 6.07) is 9.22. The highest BCUT2D eigenvalue weighted by Gasteiger charge is 2.16. The van der Waals surface area contributed by atoms with E-state index in [1.807, 2.05) is 30.3 Å². The SMILES string of the molecule is CCOC(=O)CCOCCOCCC(=O)NCCN(CCNC(=O)CCOCCOCCOCCC(=O)O)C(=O)OCc1ccccc1. The van der Waals surface area contributed by atoms with Crippen LogP contribution in [0.25, 0.3) is 0 Å². The molecule has 0 saturated heterocycles. The molecule has 0 atom stereocenters. The van der Waals surface area contributed by atoms with Crippen molar-refractivity contribution in [1.29, 1.82) is 0 Å². The average molecular weight is 686 g/mol. The van der Waals surface area contributed by atoms with Crippen LogP contribution in [0.3, 0.4) is 0 Å². The summed E-state index contributed by atoms with van der Waals surface area (Å²) >= 11 is 0. The van der Waals surface area contributed by atoms with Crippen LogP contribution in [-0.4, -0.2) is 139 Å². The molecule has 0 saturated carbocycles. The van der Waals surface area contributed by atoms with Gasteiger partial charge in [-0.05, 0) is 12.5 Å². The number of hydrogen-bond acceptors (Lipinski definition) is 12. The van der Waals surface area contributed by atoms with Crippen molar-refractivity contribution in [3.8, 4) is 0 Å². The number of benzene rings is 1. The number of nitrogens with one attached hydrogen (secondary N) is 2. The van der Waals surface area contributed by atoms with Crippen LogP contribution in [0.4, 0.5) is 4.79 Å². The van der Waals surface area contributed by atoms with E-state index in [-0.39, 0.29) is 129 Å². The summed E-state index contributed by atoms with van der Waals surface area (Å²) in [5.74, 6) is -1.74. The van der Waals surface area contributed by atoms with Crippen LogP contribution in [0.2, 0.25) is 0 Å². The van der Waals surface area contributed by atoms with Crippen LogP contribution in [0.15, 0.2) is 30.3 Å². The number of ether oxygens (including phenoxy) is 7. The molecule has 0 heterocycles. The Hall–Kier alpha value is -3.83. The standard InChI is InChI=1S/C32H51N3O13/c1-2-47-31(40)11-19-45-21-20-42-16-8-28(36)33-12-14-35(32(41)48-26-27-6-4-3-5-7-27)15-13-34-29(37)9-17-43-22-24-46-25-23-44-18-10-30(38)39/h3-7H,2,8-26H2,1H3,(H,33,36)(H,34,37)(H,38,39). The molecule has 0 aromatic heterocycles. The first kappa shape index (κ1) is 42.2. The van der Waals surface area contributed by atoms with Crippen molar-refractivity contribution in [3.05, 3.63) is 35.9 Å². The van der Waals surface area contributed by atoms with Crippen LogP contribution >= 0.6 is 0 Å². The Bertz CT molecular complexity index is 1030. The van der Waals surface area contributed by atoms with Crippen molar-refractivity contribution in [2.24, 2.45) is 0 Å². The highest BCUT2D eigenvalue weighted by Crippen LogP contribution is 2.03. The number of carboxylic acids is 1. The zero-order chi connectivity index (χ0) is 35.1. The van der Waals surface area contributed by atoms with E-state index >= 15 is 0 Å². The Morgan fingerprint density at radius 3 is 1.56 bits per heavy atom. The molecule has 272 valence electrons. The molecular formula is C32H51N3O13. The molecule has 16 heteroatoms. The number of carboxylic acid groups (broad SMARTS) is 1. The Balaban J connectivity index is 2.26. The van der Waals surface area contributed by atoms with Crippen molar-refractivity contribution in [3.63, 3.8) is 0 Å². The molecule has 0 aliphatic rings. The zero-order valence-electron chi connectivity index (χ0n) is 27.8. The monoisotopic (exact) mass is 685 g/mol. The Morgan fingerprint density at radius 1 is 0.625 bits per heavy atom. The van der Waals surface area contributed by atoms with E-state index in [4.69, 9.17) is 38.3 Å². The summed E-state index contributed by atoms with van der Waals surface area (Å²) < 4.78 is 36.7. The molecule has 0 spiro atoms. The van der Waals surface area contributed by atoms with Gasteiger partial charge in [-0.3, -0.25) is 19.2 Å². The number of nitrogens with zero attached hydrogens (tertiary/aromatic N) is 1. The molecule has 1 rings (SSSR count). The van der Waals surface area contributed by atoms with E-state index in [1.165, 1.54) is 4.90 Å². The Morgan fingerprint density at radius 2 is 1.08 bits per heavy atom. The number of esters is 1. The number of rotatable bonds is 30. The number of carbonyl (C=O) groups is 5. The third-order valence-electron chi connectivity index (χ3n) is 6.15. The van der Waals surface area contributed by atoms with E-state index in [9.17, 15) is 24.0 Å². The lowest BCUT2D eigenvalue weighted by atomic mass is 10.2. The highest BCUT2D eigenvalue weighted by molar-refractivity contribution is 5.76. The minimum absolute atomic E-state index is 0.0577. The Labute approximate surface area is 281 Å². The number of carbonyl (C=O) groups excluding carboxylic acids is 4. The summed E-state index contributed by atoms with van der Waals surface area (Å²) in [5, 5.41) is 14.0. The Kier molecular flexibility index (Phi) is 25.8. The van der Waals surface area contributed by atoms with E-state index < -0.39 is 12.1 Å². The number of aliphatic carboxylic acids is 1. The summed E-state index contributed by atoms with van der Waals surface area (Å²) in [5.41, 5.74) is 0.825. The molecular weight excluding hydrogens is 634 g/mol. The van der Waals surface area contributed by atoms with E-state index in [1.54, 1.807) is 6.92 Å². The number of hydrogen-bond donors (Lipinski definition) is 3. The van der Waals surface area contributed by atoms with Crippen LogP contribution in [0.1, 0.15) is 38.2 Å². The second kappa shape index (κ2) is 29.3. The molecule has 0 fully saturated rings. The van der Waals surface area contributed by atoms with Crippen molar-refractivity contribution in [2.45, 2.75) is 39.2 Å². The molecule has 16 nitrogen and oxygen atoms in total. The van der Waals surface area contributed by atoms with E-state index in [2.05, 4.69) is 10.6 Å². The number of amides is 3. The summed E-state index contributed by atoms with van der Waals surface area (Å²) in [4.78, 5) is 60.3. The van der Waals surface area contributed by atoms with Gasteiger partial charge in [-0.15, -0.1) is 0 Å². The normalized spacial score (nSPS) is 10.7.